The number of hydrogen-bond donors (Lipinski definition) is 1. The minimum Gasteiger partial charge on any atom is -0.377 e. The molecule has 0 aliphatic carbocycles. The molecule has 2 aromatic heterocycles. The van der Waals surface area contributed by atoms with Gasteiger partial charge in [0, 0.05) is 37.6 Å². The molecule has 0 atom stereocenters. The molecule has 0 radical (unpaired) electrons. The number of piperidine rings is 1. The van der Waals surface area contributed by atoms with Crippen molar-refractivity contribution >= 4 is 33.3 Å². The molecule has 3 aromatic rings. The van der Waals surface area contributed by atoms with Crippen LogP contribution in [0.15, 0.2) is 35.7 Å². The molecular weight excluding hydrogens is 372 g/mol. The van der Waals surface area contributed by atoms with Gasteiger partial charge in [-0.1, -0.05) is 30.3 Å². The van der Waals surface area contributed by atoms with Crippen molar-refractivity contribution in [1.29, 1.82) is 0 Å². The smallest absolute Gasteiger partial charge is 0.217 e. The number of primary amides is 1. The van der Waals surface area contributed by atoms with Gasteiger partial charge in [0.15, 0.2) is 5.82 Å². The number of nitrogens with zero attached hydrogens (tertiary/aromatic N) is 3. The van der Waals surface area contributed by atoms with E-state index in [2.05, 4.69) is 22.4 Å². The summed E-state index contributed by atoms with van der Waals surface area (Å²) < 4.78 is 5.28. The maximum Gasteiger partial charge on any atom is 0.217 e. The minimum atomic E-state index is -0.213. The number of hydrogen-bond acceptors (Lipinski definition) is 6. The maximum absolute atomic E-state index is 11.3. The summed E-state index contributed by atoms with van der Waals surface area (Å²) in [5.41, 5.74) is 7.72. The Balaban J connectivity index is 1.73. The summed E-state index contributed by atoms with van der Waals surface area (Å²) in [4.78, 5) is 24.1. The Morgan fingerprint density at radius 3 is 2.68 bits per heavy atom. The van der Waals surface area contributed by atoms with Gasteiger partial charge >= 0.3 is 0 Å². The van der Waals surface area contributed by atoms with Crippen LogP contribution in [0.4, 0.5) is 5.82 Å². The van der Waals surface area contributed by atoms with E-state index in [-0.39, 0.29) is 5.91 Å². The number of benzene rings is 1. The molecule has 0 saturated carbocycles. The van der Waals surface area contributed by atoms with Crippen molar-refractivity contribution in [3.8, 4) is 11.1 Å². The van der Waals surface area contributed by atoms with Gasteiger partial charge in [-0.15, -0.1) is 11.3 Å². The Kier molecular flexibility index (Phi) is 5.54. The largest absolute Gasteiger partial charge is 0.377 e. The molecule has 1 amide bonds. The van der Waals surface area contributed by atoms with Crippen molar-refractivity contribution in [3.63, 3.8) is 0 Å². The summed E-state index contributed by atoms with van der Waals surface area (Å²) in [6.07, 6.45) is 2.35. The van der Waals surface area contributed by atoms with Crippen molar-refractivity contribution < 1.29 is 9.53 Å². The van der Waals surface area contributed by atoms with Gasteiger partial charge in [-0.2, -0.15) is 0 Å². The zero-order chi connectivity index (χ0) is 19.5. The third kappa shape index (κ3) is 3.86. The van der Waals surface area contributed by atoms with Crippen molar-refractivity contribution in [1.82, 2.24) is 9.97 Å². The summed E-state index contributed by atoms with van der Waals surface area (Å²) in [5, 5.41) is 3.26. The van der Waals surface area contributed by atoms with Crippen LogP contribution < -0.4 is 10.6 Å². The van der Waals surface area contributed by atoms with Gasteiger partial charge in [0.05, 0.1) is 5.39 Å². The fourth-order valence-corrected chi connectivity index (χ4v) is 4.81. The summed E-state index contributed by atoms with van der Waals surface area (Å²) >= 11 is 1.64. The van der Waals surface area contributed by atoms with E-state index < -0.39 is 0 Å². The summed E-state index contributed by atoms with van der Waals surface area (Å²) in [7, 11) is 1.66. The number of amides is 1. The topological polar surface area (TPSA) is 81.3 Å². The normalized spacial score (nSPS) is 15.2. The number of aromatic nitrogens is 2. The fourth-order valence-electron chi connectivity index (χ4n) is 3.85. The maximum atomic E-state index is 11.3. The molecule has 7 heteroatoms. The molecule has 4 rings (SSSR count). The Morgan fingerprint density at radius 2 is 2.00 bits per heavy atom. The number of rotatable bonds is 6. The predicted molar refractivity (Wildman–Crippen MR) is 112 cm³/mol. The molecule has 146 valence electrons. The Hall–Kier alpha value is -2.51. The number of ether oxygens (including phenoxy) is 1. The molecule has 1 aliphatic rings. The highest BCUT2D eigenvalue weighted by Gasteiger charge is 2.25. The van der Waals surface area contributed by atoms with E-state index in [1.807, 2.05) is 18.2 Å². The van der Waals surface area contributed by atoms with Gasteiger partial charge in [0.25, 0.3) is 0 Å². The highest BCUT2D eigenvalue weighted by molar-refractivity contribution is 7.17. The second kappa shape index (κ2) is 8.24. The number of carbonyl (C=O) groups is 1. The van der Waals surface area contributed by atoms with Crippen LogP contribution in [0, 0.1) is 5.92 Å². The third-order valence-corrected chi connectivity index (χ3v) is 6.10. The van der Waals surface area contributed by atoms with Crippen LogP contribution in [-0.4, -0.2) is 36.1 Å². The average Bonchev–Trinajstić information content (AvgIpc) is 3.12. The van der Waals surface area contributed by atoms with E-state index in [0.29, 0.717) is 24.8 Å². The van der Waals surface area contributed by atoms with Gasteiger partial charge in [-0.3, -0.25) is 4.79 Å². The van der Waals surface area contributed by atoms with E-state index in [4.69, 9.17) is 20.4 Å². The van der Waals surface area contributed by atoms with E-state index in [0.717, 1.165) is 42.0 Å². The second-order valence-electron chi connectivity index (χ2n) is 7.19. The monoisotopic (exact) mass is 396 g/mol. The van der Waals surface area contributed by atoms with Gasteiger partial charge in [-0.25, -0.2) is 9.97 Å². The lowest BCUT2D eigenvalue weighted by Gasteiger charge is -2.33. The zero-order valence-corrected chi connectivity index (χ0v) is 16.7. The molecule has 1 fully saturated rings. The first-order chi connectivity index (χ1) is 13.7. The summed E-state index contributed by atoms with van der Waals surface area (Å²) in [6, 6.07) is 10.4. The number of nitrogens with two attached hydrogens (primary N) is 1. The Labute approximate surface area is 168 Å². The molecule has 1 saturated heterocycles. The van der Waals surface area contributed by atoms with Crippen molar-refractivity contribution in [2.45, 2.75) is 25.9 Å². The molecule has 2 N–H and O–H groups in total. The number of carbonyl (C=O) groups excluding carboxylic acids is 1. The first-order valence-electron chi connectivity index (χ1n) is 9.51. The van der Waals surface area contributed by atoms with E-state index in [9.17, 15) is 4.79 Å². The van der Waals surface area contributed by atoms with E-state index in [1.165, 1.54) is 11.1 Å². The Bertz CT molecular complexity index is 965. The molecule has 28 heavy (non-hydrogen) atoms. The van der Waals surface area contributed by atoms with Crippen LogP contribution in [0.25, 0.3) is 21.3 Å². The van der Waals surface area contributed by atoms with Crippen LogP contribution in [0.1, 0.15) is 25.1 Å². The van der Waals surface area contributed by atoms with Gasteiger partial charge in [0.2, 0.25) is 5.91 Å². The molecule has 1 aromatic carbocycles. The molecule has 0 unspecified atom stereocenters. The zero-order valence-electron chi connectivity index (χ0n) is 15.9. The summed E-state index contributed by atoms with van der Waals surface area (Å²) in [5.74, 6) is 1.82. The standard InChI is InChI=1S/C21H24N4O2S/c1-27-12-18-23-20(25-9-7-14(8-10-25)11-17(22)26)19-16(13-28-21(19)24-18)15-5-3-2-4-6-15/h2-6,13-14H,7-12H2,1H3,(H2,22,26). The number of thiophene rings is 1. The average molecular weight is 397 g/mol. The van der Waals surface area contributed by atoms with Crippen LogP contribution in [-0.2, 0) is 16.1 Å². The van der Waals surface area contributed by atoms with Crippen molar-refractivity contribution in [2.24, 2.45) is 11.7 Å². The minimum absolute atomic E-state index is 0.213. The van der Waals surface area contributed by atoms with Crippen LogP contribution in [0.3, 0.4) is 0 Å². The van der Waals surface area contributed by atoms with Gasteiger partial charge in [0.1, 0.15) is 17.3 Å². The third-order valence-electron chi connectivity index (χ3n) is 5.22. The first-order valence-corrected chi connectivity index (χ1v) is 10.4. The second-order valence-corrected chi connectivity index (χ2v) is 8.05. The SMILES string of the molecule is COCc1nc(N2CCC(CC(N)=O)CC2)c2c(-c3ccccc3)csc2n1. The van der Waals surface area contributed by atoms with Crippen LogP contribution >= 0.6 is 11.3 Å². The number of anilines is 1. The van der Waals surface area contributed by atoms with Crippen LogP contribution in [0.5, 0.6) is 0 Å². The summed E-state index contributed by atoms with van der Waals surface area (Å²) in [6.45, 7) is 2.11. The Morgan fingerprint density at radius 1 is 1.25 bits per heavy atom. The molecule has 3 heterocycles. The molecule has 0 spiro atoms. The molecule has 0 bridgehead atoms. The van der Waals surface area contributed by atoms with Gasteiger partial charge < -0.3 is 15.4 Å². The lowest BCUT2D eigenvalue weighted by molar-refractivity contribution is -0.119. The highest BCUT2D eigenvalue weighted by atomic mass is 32.1. The van der Waals surface area contributed by atoms with Gasteiger partial charge in [-0.05, 0) is 24.3 Å². The first kappa shape index (κ1) is 18.8. The van der Waals surface area contributed by atoms with Crippen molar-refractivity contribution in [3.05, 3.63) is 41.5 Å². The molecular formula is C21H24N4O2S. The van der Waals surface area contributed by atoms with Crippen LogP contribution in [0.2, 0.25) is 0 Å². The fraction of sp³-hybridized carbons (Fsp3) is 0.381. The van der Waals surface area contributed by atoms with E-state index in [1.54, 1.807) is 18.4 Å². The lowest BCUT2D eigenvalue weighted by Crippen LogP contribution is -2.36. The predicted octanol–water partition coefficient (Wildman–Crippen LogP) is 3.60. The quantitative estimate of drug-likeness (QED) is 0.688. The van der Waals surface area contributed by atoms with Crippen molar-refractivity contribution in [2.75, 3.05) is 25.1 Å². The highest BCUT2D eigenvalue weighted by Crippen LogP contribution is 2.39. The lowest BCUT2D eigenvalue weighted by atomic mass is 9.93. The molecule has 1 aliphatic heterocycles. The number of methoxy groups -OCH3 is 1. The van der Waals surface area contributed by atoms with E-state index >= 15 is 0 Å². The molecule has 6 nitrogen and oxygen atoms in total. The number of fused-ring (bicyclic) bond motifs is 1.